The lowest BCUT2D eigenvalue weighted by molar-refractivity contribution is 0.0605. The van der Waals surface area contributed by atoms with Gasteiger partial charge in [-0.3, -0.25) is 4.79 Å². The second kappa shape index (κ2) is 8.48. The molecule has 1 aliphatic heterocycles. The number of benzene rings is 2. The van der Waals surface area contributed by atoms with Crippen molar-refractivity contribution in [1.82, 2.24) is 4.90 Å². The van der Waals surface area contributed by atoms with Crippen molar-refractivity contribution in [2.24, 2.45) is 0 Å². The Kier molecular flexibility index (Phi) is 6.04. The fourth-order valence-electron chi connectivity index (χ4n) is 3.23. The first-order valence-electron chi connectivity index (χ1n) is 8.86. The number of carbonyl (C=O) groups excluding carboxylic acids is 1. The van der Waals surface area contributed by atoms with E-state index in [4.69, 9.17) is 21.4 Å². The van der Waals surface area contributed by atoms with Gasteiger partial charge >= 0.3 is 6.09 Å². The SMILES string of the molecule is CC1CC(Oc2cccc(NC(=O)c3ccc(F)cc3Cl)c2)CCN1C(=O)O. The molecule has 8 heteroatoms. The maximum absolute atomic E-state index is 13.1. The van der Waals surface area contributed by atoms with E-state index in [1.807, 2.05) is 6.92 Å². The second-order valence-corrected chi connectivity index (χ2v) is 7.10. The lowest BCUT2D eigenvalue weighted by Crippen LogP contribution is -2.46. The largest absolute Gasteiger partial charge is 0.490 e. The number of carbonyl (C=O) groups is 2. The van der Waals surface area contributed by atoms with Crippen LogP contribution in [0.15, 0.2) is 42.5 Å². The predicted molar refractivity (Wildman–Crippen MR) is 104 cm³/mol. The molecule has 1 saturated heterocycles. The summed E-state index contributed by atoms with van der Waals surface area (Å²) >= 11 is 5.93. The fourth-order valence-corrected chi connectivity index (χ4v) is 3.48. The van der Waals surface area contributed by atoms with Crippen LogP contribution < -0.4 is 10.1 Å². The number of ether oxygens (including phenoxy) is 1. The normalized spacial score (nSPS) is 19.2. The van der Waals surface area contributed by atoms with Crippen molar-refractivity contribution in [3.05, 3.63) is 58.9 Å². The molecule has 0 saturated carbocycles. The number of amides is 2. The summed E-state index contributed by atoms with van der Waals surface area (Å²) in [5, 5.41) is 11.9. The summed E-state index contributed by atoms with van der Waals surface area (Å²) in [6.07, 6.45) is 0.158. The molecule has 0 aliphatic carbocycles. The van der Waals surface area contributed by atoms with Gasteiger partial charge in [-0.15, -0.1) is 0 Å². The highest BCUT2D eigenvalue weighted by atomic mass is 35.5. The lowest BCUT2D eigenvalue weighted by Gasteiger charge is -2.35. The number of carboxylic acid groups (broad SMARTS) is 1. The van der Waals surface area contributed by atoms with Gasteiger partial charge < -0.3 is 20.1 Å². The van der Waals surface area contributed by atoms with E-state index >= 15 is 0 Å². The third-order valence-corrected chi connectivity index (χ3v) is 4.96. The molecule has 0 spiro atoms. The van der Waals surface area contributed by atoms with Gasteiger partial charge in [0.25, 0.3) is 5.91 Å². The van der Waals surface area contributed by atoms with Gasteiger partial charge in [-0.05, 0) is 37.3 Å². The monoisotopic (exact) mass is 406 g/mol. The van der Waals surface area contributed by atoms with E-state index in [2.05, 4.69) is 5.32 Å². The van der Waals surface area contributed by atoms with Crippen molar-refractivity contribution >= 4 is 29.3 Å². The number of likely N-dealkylation sites (tertiary alicyclic amines) is 1. The molecule has 0 bridgehead atoms. The molecule has 6 nitrogen and oxygen atoms in total. The number of nitrogens with one attached hydrogen (secondary N) is 1. The smallest absolute Gasteiger partial charge is 0.407 e. The molecule has 1 fully saturated rings. The van der Waals surface area contributed by atoms with Crippen LogP contribution in [-0.4, -0.2) is 40.7 Å². The van der Waals surface area contributed by atoms with Gasteiger partial charge in [0.1, 0.15) is 17.7 Å². The Bertz CT molecular complexity index is 892. The number of hydrogen-bond acceptors (Lipinski definition) is 3. The van der Waals surface area contributed by atoms with Crippen LogP contribution in [-0.2, 0) is 0 Å². The van der Waals surface area contributed by atoms with Crippen molar-refractivity contribution in [2.75, 3.05) is 11.9 Å². The van der Waals surface area contributed by atoms with E-state index in [-0.39, 0.29) is 22.7 Å². The minimum atomic E-state index is -0.921. The predicted octanol–water partition coefficient (Wildman–Crippen LogP) is 4.64. The number of anilines is 1. The molecule has 28 heavy (non-hydrogen) atoms. The summed E-state index contributed by atoms with van der Waals surface area (Å²) in [5.74, 6) is -0.394. The van der Waals surface area contributed by atoms with E-state index < -0.39 is 17.8 Å². The standard InChI is InChI=1S/C20H20ClFN2O4/c1-12-9-16(7-8-24(12)20(26)27)28-15-4-2-3-14(11-15)23-19(25)17-6-5-13(22)10-18(17)21/h2-6,10-12,16H,7-9H2,1H3,(H,23,25)(H,26,27). The molecule has 2 aromatic carbocycles. The highest BCUT2D eigenvalue weighted by Crippen LogP contribution is 2.25. The van der Waals surface area contributed by atoms with E-state index in [0.29, 0.717) is 30.8 Å². The summed E-state index contributed by atoms with van der Waals surface area (Å²) in [6, 6.07) is 10.4. The Labute approximate surface area is 166 Å². The van der Waals surface area contributed by atoms with Crippen LogP contribution in [0.25, 0.3) is 0 Å². The quantitative estimate of drug-likeness (QED) is 0.775. The summed E-state index contributed by atoms with van der Waals surface area (Å²) < 4.78 is 19.1. The molecule has 2 unspecified atom stereocenters. The van der Waals surface area contributed by atoms with Gasteiger partial charge in [0.2, 0.25) is 0 Å². The average Bonchev–Trinajstić information content (AvgIpc) is 2.61. The summed E-state index contributed by atoms with van der Waals surface area (Å²) in [7, 11) is 0. The van der Waals surface area contributed by atoms with Gasteiger partial charge in [0.15, 0.2) is 0 Å². The summed E-state index contributed by atoms with van der Waals surface area (Å²) in [4.78, 5) is 24.9. The Morgan fingerprint density at radius 2 is 2.07 bits per heavy atom. The molecule has 2 aromatic rings. The molecule has 1 heterocycles. The molecule has 148 valence electrons. The van der Waals surface area contributed by atoms with E-state index in [0.717, 1.165) is 6.07 Å². The summed E-state index contributed by atoms with van der Waals surface area (Å²) in [5.41, 5.74) is 0.683. The Morgan fingerprint density at radius 1 is 1.29 bits per heavy atom. The van der Waals surface area contributed by atoms with Gasteiger partial charge in [0, 0.05) is 37.2 Å². The highest BCUT2D eigenvalue weighted by molar-refractivity contribution is 6.34. The van der Waals surface area contributed by atoms with Crippen molar-refractivity contribution in [1.29, 1.82) is 0 Å². The van der Waals surface area contributed by atoms with Gasteiger partial charge in [-0.1, -0.05) is 17.7 Å². The van der Waals surface area contributed by atoms with E-state index in [9.17, 15) is 14.0 Å². The zero-order chi connectivity index (χ0) is 20.3. The van der Waals surface area contributed by atoms with Crippen LogP contribution in [0.2, 0.25) is 5.02 Å². The second-order valence-electron chi connectivity index (χ2n) is 6.70. The first-order chi connectivity index (χ1) is 13.3. The zero-order valence-corrected chi connectivity index (χ0v) is 15.9. The number of rotatable bonds is 4. The summed E-state index contributed by atoms with van der Waals surface area (Å²) in [6.45, 7) is 2.27. The number of halogens is 2. The van der Waals surface area contributed by atoms with E-state index in [1.165, 1.54) is 17.0 Å². The van der Waals surface area contributed by atoms with Gasteiger partial charge in [-0.2, -0.15) is 0 Å². The van der Waals surface area contributed by atoms with Crippen LogP contribution in [0.3, 0.4) is 0 Å². The van der Waals surface area contributed by atoms with Gasteiger partial charge in [-0.25, -0.2) is 9.18 Å². The molecule has 2 amide bonds. The number of nitrogens with zero attached hydrogens (tertiary/aromatic N) is 1. The van der Waals surface area contributed by atoms with Crippen LogP contribution >= 0.6 is 11.6 Å². The Morgan fingerprint density at radius 3 is 2.75 bits per heavy atom. The van der Waals surface area contributed by atoms with Crippen molar-refractivity contribution in [3.8, 4) is 5.75 Å². The molecule has 2 atom stereocenters. The van der Waals surface area contributed by atoms with Crippen molar-refractivity contribution < 1.29 is 23.8 Å². The molecular weight excluding hydrogens is 387 g/mol. The maximum Gasteiger partial charge on any atom is 0.407 e. The van der Waals surface area contributed by atoms with Crippen LogP contribution in [0, 0.1) is 5.82 Å². The zero-order valence-electron chi connectivity index (χ0n) is 15.2. The molecule has 0 aromatic heterocycles. The molecular formula is C20H20ClFN2O4. The first kappa shape index (κ1) is 19.9. The molecule has 1 aliphatic rings. The average molecular weight is 407 g/mol. The maximum atomic E-state index is 13.1. The molecule has 2 N–H and O–H groups in total. The van der Waals surface area contributed by atoms with Crippen LogP contribution in [0.5, 0.6) is 5.75 Å². The fraction of sp³-hybridized carbons (Fsp3) is 0.300. The highest BCUT2D eigenvalue weighted by Gasteiger charge is 2.29. The minimum Gasteiger partial charge on any atom is -0.490 e. The Hall–Kier alpha value is -2.80. The van der Waals surface area contributed by atoms with Crippen molar-refractivity contribution in [2.45, 2.75) is 31.9 Å². The van der Waals surface area contributed by atoms with Crippen LogP contribution in [0.4, 0.5) is 14.9 Å². The number of hydrogen-bond donors (Lipinski definition) is 2. The number of piperidine rings is 1. The molecule has 0 radical (unpaired) electrons. The van der Waals surface area contributed by atoms with Gasteiger partial charge in [0.05, 0.1) is 10.6 Å². The van der Waals surface area contributed by atoms with E-state index in [1.54, 1.807) is 24.3 Å². The first-order valence-corrected chi connectivity index (χ1v) is 9.24. The third kappa shape index (κ3) is 4.72. The third-order valence-electron chi connectivity index (χ3n) is 4.64. The van der Waals surface area contributed by atoms with Crippen molar-refractivity contribution in [3.63, 3.8) is 0 Å². The molecule has 3 rings (SSSR count). The topological polar surface area (TPSA) is 78.9 Å². The Balaban J connectivity index is 1.64. The van der Waals surface area contributed by atoms with Crippen LogP contribution in [0.1, 0.15) is 30.1 Å². The minimum absolute atomic E-state index is 0.0316. The lowest BCUT2D eigenvalue weighted by atomic mass is 10.0.